The molecule has 0 saturated heterocycles. The van der Waals surface area contributed by atoms with Gasteiger partial charge in [-0.25, -0.2) is 0 Å². The van der Waals surface area contributed by atoms with Crippen LogP contribution in [0.3, 0.4) is 0 Å². The minimum atomic E-state index is -0.323. The zero-order valence-electron chi connectivity index (χ0n) is 7.20. The highest BCUT2D eigenvalue weighted by Crippen LogP contribution is 1.91. The number of esters is 2. The Labute approximate surface area is 71.2 Å². The van der Waals surface area contributed by atoms with E-state index in [1.165, 1.54) is 14.2 Å². The molecule has 0 aromatic carbocycles. The third-order valence-electron chi connectivity index (χ3n) is 1.19. The van der Waals surface area contributed by atoms with Crippen molar-refractivity contribution in [2.75, 3.05) is 14.2 Å². The summed E-state index contributed by atoms with van der Waals surface area (Å²) in [6.07, 6.45) is 3.52. The maximum Gasteiger partial charge on any atom is 0.309 e. The molecule has 0 aromatic heterocycles. The van der Waals surface area contributed by atoms with Crippen molar-refractivity contribution < 1.29 is 19.1 Å². The van der Waals surface area contributed by atoms with Gasteiger partial charge in [-0.1, -0.05) is 12.2 Å². The SMILES string of the molecule is COC(=O)CC=CCC(=O)OC. The summed E-state index contributed by atoms with van der Waals surface area (Å²) in [6, 6.07) is 0. The molecule has 0 aliphatic heterocycles. The van der Waals surface area contributed by atoms with Gasteiger partial charge in [0.1, 0.15) is 0 Å². The summed E-state index contributed by atoms with van der Waals surface area (Å²) < 4.78 is 8.75. The van der Waals surface area contributed by atoms with Crippen molar-refractivity contribution in [3.63, 3.8) is 0 Å². The minimum Gasteiger partial charge on any atom is -0.469 e. The van der Waals surface area contributed by atoms with Gasteiger partial charge in [0.05, 0.1) is 27.1 Å². The van der Waals surface area contributed by atoms with Gasteiger partial charge >= 0.3 is 11.9 Å². The lowest BCUT2D eigenvalue weighted by Crippen LogP contribution is -1.99. The van der Waals surface area contributed by atoms with E-state index in [0.29, 0.717) is 0 Å². The lowest BCUT2D eigenvalue weighted by Gasteiger charge is -1.93. The van der Waals surface area contributed by atoms with Crippen LogP contribution >= 0.6 is 0 Å². The summed E-state index contributed by atoms with van der Waals surface area (Å²) in [4.78, 5) is 21.1. The summed E-state index contributed by atoms with van der Waals surface area (Å²) >= 11 is 0. The van der Waals surface area contributed by atoms with Crippen LogP contribution in [0.25, 0.3) is 0 Å². The van der Waals surface area contributed by atoms with E-state index in [1.807, 2.05) is 0 Å². The molecule has 4 heteroatoms. The van der Waals surface area contributed by atoms with E-state index in [4.69, 9.17) is 0 Å². The van der Waals surface area contributed by atoms with Crippen LogP contribution in [0.2, 0.25) is 0 Å². The van der Waals surface area contributed by atoms with Crippen LogP contribution in [0.1, 0.15) is 12.8 Å². The molecular weight excluding hydrogens is 160 g/mol. The number of carbonyl (C=O) groups excluding carboxylic acids is 2. The first-order valence-corrected chi connectivity index (χ1v) is 3.49. The second-order valence-corrected chi connectivity index (χ2v) is 2.03. The zero-order chi connectivity index (χ0) is 9.40. The maximum absolute atomic E-state index is 10.5. The fourth-order valence-electron chi connectivity index (χ4n) is 0.526. The molecule has 0 saturated carbocycles. The third-order valence-corrected chi connectivity index (χ3v) is 1.19. The molecule has 0 spiro atoms. The van der Waals surface area contributed by atoms with Crippen molar-refractivity contribution in [3.8, 4) is 0 Å². The van der Waals surface area contributed by atoms with Crippen LogP contribution in [0.4, 0.5) is 0 Å². The molecular formula is C8H12O4. The van der Waals surface area contributed by atoms with Crippen molar-refractivity contribution in [1.29, 1.82) is 0 Å². The predicted molar refractivity (Wildman–Crippen MR) is 42.4 cm³/mol. The van der Waals surface area contributed by atoms with Crippen molar-refractivity contribution >= 4 is 11.9 Å². The highest BCUT2D eigenvalue weighted by Gasteiger charge is 1.96. The summed E-state index contributed by atoms with van der Waals surface area (Å²) in [6.45, 7) is 0. The van der Waals surface area contributed by atoms with Gasteiger partial charge in [-0.05, 0) is 0 Å². The molecule has 12 heavy (non-hydrogen) atoms. The van der Waals surface area contributed by atoms with Gasteiger partial charge in [0, 0.05) is 0 Å². The van der Waals surface area contributed by atoms with Crippen LogP contribution in [0.15, 0.2) is 12.2 Å². The zero-order valence-corrected chi connectivity index (χ0v) is 7.20. The van der Waals surface area contributed by atoms with E-state index in [1.54, 1.807) is 12.2 Å². The van der Waals surface area contributed by atoms with Crippen molar-refractivity contribution in [2.45, 2.75) is 12.8 Å². The largest absolute Gasteiger partial charge is 0.469 e. The van der Waals surface area contributed by atoms with E-state index in [-0.39, 0.29) is 24.8 Å². The fourth-order valence-corrected chi connectivity index (χ4v) is 0.526. The predicted octanol–water partition coefficient (Wildman–Crippen LogP) is 0.669. The monoisotopic (exact) mass is 172 g/mol. The molecule has 0 radical (unpaired) electrons. The van der Waals surface area contributed by atoms with Crippen LogP contribution < -0.4 is 0 Å². The van der Waals surface area contributed by atoms with Gasteiger partial charge in [0.25, 0.3) is 0 Å². The number of rotatable bonds is 4. The molecule has 0 aromatic rings. The van der Waals surface area contributed by atoms with Gasteiger partial charge in [0.2, 0.25) is 0 Å². The number of hydrogen-bond acceptors (Lipinski definition) is 4. The third kappa shape index (κ3) is 5.46. The topological polar surface area (TPSA) is 52.6 Å². The smallest absolute Gasteiger partial charge is 0.309 e. The van der Waals surface area contributed by atoms with E-state index >= 15 is 0 Å². The highest BCUT2D eigenvalue weighted by atomic mass is 16.5. The van der Waals surface area contributed by atoms with Crippen molar-refractivity contribution in [3.05, 3.63) is 12.2 Å². The van der Waals surface area contributed by atoms with E-state index < -0.39 is 0 Å². The van der Waals surface area contributed by atoms with Gasteiger partial charge in [-0.2, -0.15) is 0 Å². The first-order chi connectivity index (χ1) is 5.70. The van der Waals surface area contributed by atoms with Gasteiger partial charge in [0.15, 0.2) is 0 Å². The molecule has 68 valence electrons. The van der Waals surface area contributed by atoms with Crippen LogP contribution in [0.5, 0.6) is 0 Å². The molecule has 0 bridgehead atoms. The molecule has 0 unspecified atom stereocenters. The Kier molecular flexibility index (Phi) is 5.69. The van der Waals surface area contributed by atoms with Crippen molar-refractivity contribution in [2.24, 2.45) is 0 Å². The lowest BCUT2D eigenvalue weighted by molar-refractivity contribution is -0.140. The first-order valence-electron chi connectivity index (χ1n) is 3.49. The molecule has 0 atom stereocenters. The van der Waals surface area contributed by atoms with E-state index in [0.717, 1.165) is 0 Å². The summed E-state index contributed by atoms with van der Waals surface area (Å²) in [5.74, 6) is -0.646. The lowest BCUT2D eigenvalue weighted by atomic mass is 10.3. The first kappa shape index (κ1) is 10.7. The Morgan fingerprint density at radius 1 is 1.00 bits per heavy atom. The second kappa shape index (κ2) is 6.39. The molecule has 0 amide bonds. The number of methoxy groups -OCH3 is 2. The fraction of sp³-hybridized carbons (Fsp3) is 0.500. The average molecular weight is 172 g/mol. The summed E-state index contributed by atoms with van der Waals surface area (Å²) in [7, 11) is 2.63. The highest BCUT2D eigenvalue weighted by molar-refractivity contribution is 5.72. The van der Waals surface area contributed by atoms with Gasteiger partial charge < -0.3 is 9.47 Å². The molecule has 0 rings (SSSR count). The quantitative estimate of drug-likeness (QED) is 0.462. The summed E-state index contributed by atoms with van der Waals surface area (Å²) in [5, 5.41) is 0. The average Bonchev–Trinajstić information content (AvgIpc) is 2.11. The standard InChI is InChI=1S/C8H12O4/c1-11-7(9)5-3-4-6-8(10)12-2/h3-4H,5-6H2,1-2H3. The van der Waals surface area contributed by atoms with E-state index in [9.17, 15) is 9.59 Å². The second-order valence-electron chi connectivity index (χ2n) is 2.03. The van der Waals surface area contributed by atoms with Crippen LogP contribution in [-0.4, -0.2) is 26.2 Å². The number of carbonyl (C=O) groups is 2. The Morgan fingerprint density at radius 2 is 1.33 bits per heavy atom. The maximum atomic E-state index is 10.5. The van der Waals surface area contributed by atoms with E-state index in [2.05, 4.69) is 9.47 Å². The Morgan fingerprint density at radius 3 is 1.58 bits per heavy atom. The number of hydrogen-bond donors (Lipinski definition) is 0. The Balaban J connectivity index is 3.50. The molecule has 4 nitrogen and oxygen atoms in total. The summed E-state index contributed by atoms with van der Waals surface area (Å²) in [5.41, 5.74) is 0. The molecule has 0 heterocycles. The molecule has 0 N–H and O–H groups in total. The van der Waals surface area contributed by atoms with Crippen LogP contribution in [0, 0.1) is 0 Å². The Bertz CT molecular complexity index is 163. The molecule has 0 aliphatic carbocycles. The van der Waals surface area contributed by atoms with Gasteiger partial charge in [-0.15, -0.1) is 0 Å². The Hall–Kier alpha value is -1.32. The number of ether oxygens (including phenoxy) is 2. The normalized spacial score (nSPS) is 9.83. The molecule has 0 aliphatic rings. The molecule has 0 fully saturated rings. The van der Waals surface area contributed by atoms with Crippen LogP contribution in [-0.2, 0) is 19.1 Å². The van der Waals surface area contributed by atoms with Crippen molar-refractivity contribution in [1.82, 2.24) is 0 Å². The minimum absolute atomic E-state index is 0.188. The van der Waals surface area contributed by atoms with Gasteiger partial charge in [-0.3, -0.25) is 9.59 Å².